The average Bonchev–Trinajstić information content (AvgIpc) is 3.67. The van der Waals surface area contributed by atoms with Crippen LogP contribution in [0.4, 0.5) is 0 Å². The Kier molecular flexibility index (Phi) is 8.03. The van der Waals surface area contributed by atoms with Gasteiger partial charge in [0.1, 0.15) is 0 Å². The van der Waals surface area contributed by atoms with Gasteiger partial charge in [-0.2, -0.15) is 9.97 Å². The Labute approximate surface area is 350 Å². The highest BCUT2D eigenvalue weighted by molar-refractivity contribution is 6.29. The van der Waals surface area contributed by atoms with Crippen LogP contribution in [0.15, 0.2) is 200 Å². The molecule has 0 N–H and O–H groups in total. The van der Waals surface area contributed by atoms with E-state index in [1.807, 2.05) is 121 Å². The highest BCUT2D eigenvalue weighted by Crippen LogP contribution is 2.42. The number of aromatic nitrogens is 7. The monoisotopic (exact) mass is 779 g/mol. The lowest BCUT2D eigenvalue weighted by atomic mass is 9.92. The molecule has 7 heteroatoms. The SMILES string of the molecule is c1ccc(-c2nc(-c3ccccc3)nc(-c3ccc4c(c3)c3ccccc3c3cc5c(cc43)c3ccccc3n5-c3nc(-c4ccccc4)nc(-c4ccccc4)n3)n2)cc1. The van der Waals surface area contributed by atoms with Crippen LogP contribution >= 0.6 is 0 Å². The first-order chi connectivity index (χ1) is 30.2. The Balaban J connectivity index is 1.10. The van der Waals surface area contributed by atoms with Gasteiger partial charge in [0.25, 0.3) is 0 Å². The molecule has 12 aromatic rings. The lowest BCUT2D eigenvalue weighted by molar-refractivity contribution is 0.954. The summed E-state index contributed by atoms with van der Waals surface area (Å²) in [6, 6.07) is 68.9. The molecule has 9 aromatic carbocycles. The van der Waals surface area contributed by atoms with E-state index in [0.717, 1.165) is 81.9 Å². The van der Waals surface area contributed by atoms with Crippen LogP contribution in [-0.2, 0) is 0 Å². The number of hydrogen-bond acceptors (Lipinski definition) is 6. The number of nitrogens with zero attached hydrogens (tertiary/aromatic N) is 7. The van der Waals surface area contributed by atoms with Gasteiger partial charge in [-0.1, -0.05) is 176 Å². The fourth-order valence-corrected chi connectivity index (χ4v) is 8.61. The van der Waals surface area contributed by atoms with Crippen LogP contribution < -0.4 is 0 Å². The molecule has 0 aliphatic carbocycles. The quantitative estimate of drug-likeness (QED) is 0.156. The van der Waals surface area contributed by atoms with Crippen LogP contribution in [-0.4, -0.2) is 34.5 Å². The van der Waals surface area contributed by atoms with Crippen molar-refractivity contribution in [1.82, 2.24) is 34.5 Å². The normalized spacial score (nSPS) is 11.6. The van der Waals surface area contributed by atoms with Crippen LogP contribution in [0, 0.1) is 0 Å². The summed E-state index contributed by atoms with van der Waals surface area (Å²) in [6.45, 7) is 0. The minimum atomic E-state index is 0.565. The second-order valence-corrected chi connectivity index (χ2v) is 15.1. The molecular formula is C54H33N7. The van der Waals surface area contributed by atoms with Gasteiger partial charge in [-0.25, -0.2) is 19.9 Å². The van der Waals surface area contributed by atoms with Crippen molar-refractivity contribution in [1.29, 1.82) is 0 Å². The fraction of sp³-hybridized carbons (Fsp3) is 0. The number of benzene rings is 9. The van der Waals surface area contributed by atoms with E-state index in [4.69, 9.17) is 29.9 Å². The molecule has 0 bridgehead atoms. The fourth-order valence-electron chi connectivity index (χ4n) is 8.61. The predicted octanol–water partition coefficient (Wildman–Crippen LogP) is 12.9. The highest BCUT2D eigenvalue weighted by Gasteiger charge is 2.21. The Bertz CT molecular complexity index is 3510. The van der Waals surface area contributed by atoms with Gasteiger partial charge in [0, 0.05) is 38.6 Å². The number of rotatable bonds is 6. The minimum absolute atomic E-state index is 0.565. The molecule has 0 fully saturated rings. The zero-order chi connectivity index (χ0) is 40.3. The summed E-state index contributed by atoms with van der Waals surface area (Å²) in [4.78, 5) is 30.4. The van der Waals surface area contributed by atoms with Gasteiger partial charge < -0.3 is 0 Å². The van der Waals surface area contributed by atoms with Crippen molar-refractivity contribution >= 4 is 54.1 Å². The molecule has 0 saturated heterocycles. The van der Waals surface area contributed by atoms with Crippen LogP contribution in [0.3, 0.4) is 0 Å². The molecule has 0 saturated carbocycles. The zero-order valence-corrected chi connectivity index (χ0v) is 32.7. The van der Waals surface area contributed by atoms with Gasteiger partial charge in [-0.05, 0) is 56.6 Å². The number of hydrogen-bond donors (Lipinski definition) is 0. The Morgan fingerprint density at radius 3 is 1.11 bits per heavy atom. The Morgan fingerprint density at radius 1 is 0.230 bits per heavy atom. The third-order valence-electron chi connectivity index (χ3n) is 11.5. The molecule has 0 spiro atoms. The molecule has 61 heavy (non-hydrogen) atoms. The maximum absolute atomic E-state index is 5.18. The first kappa shape index (κ1) is 34.6. The molecule has 0 amide bonds. The molecule has 0 unspecified atom stereocenters. The van der Waals surface area contributed by atoms with Gasteiger partial charge in [0.05, 0.1) is 11.0 Å². The van der Waals surface area contributed by atoms with E-state index in [1.165, 1.54) is 0 Å². The number of fused-ring (bicyclic) bond motifs is 9. The standard InChI is InChI=1S/C54H33N7/c1-5-17-34(18-6-1)49-55-50(35-19-7-2-8-20-35)57-53(56-49)38-29-30-41-43(31-38)39-25-13-14-26-40(39)45-33-48-46(32-44(41)45)42-27-15-16-28-47(42)61(48)54-59-51(36-21-9-3-10-22-36)58-52(60-54)37-23-11-4-12-24-37/h1-33H. The second-order valence-electron chi connectivity index (χ2n) is 15.1. The molecule has 7 nitrogen and oxygen atoms in total. The third-order valence-corrected chi connectivity index (χ3v) is 11.5. The van der Waals surface area contributed by atoms with Crippen molar-refractivity contribution in [2.24, 2.45) is 0 Å². The summed E-state index contributed by atoms with van der Waals surface area (Å²) in [5.41, 5.74) is 6.69. The van der Waals surface area contributed by atoms with Crippen LogP contribution in [0.25, 0.3) is 117 Å². The highest BCUT2D eigenvalue weighted by atomic mass is 15.2. The summed E-state index contributed by atoms with van der Waals surface area (Å²) in [5.74, 6) is 3.70. The third kappa shape index (κ3) is 5.90. The lowest BCUT2D eigenvalue weighted by Crippen LogP contribution is -2.06. The van der Waals surface area contributed by atoms with E-state index >= 15 is 0 Å². The van der Waals surface area contributed by atoms with Crippen molar-refractivity contribution in [3.63, 3.8) is 0 Å². The second kappa shape index (κ2) is 14.1. The van der Waals surface area contributed by atoms with E-state index < -0.39 is 0 Å². The van der Waals surface area contributed by atoms with E-state index in [2.05, 4.69) is 83.4 Å². The maximum atomic E-state index is 5.18. The summed E-state index contributed by atoms with van der Waals surface area (Å²) in [5, 5.41) is 9.11. The van der Waals surface area contributed by atoms with Crippen molar-refractivity contribution in [2.75, 3.05) is 0 Å². The molecule has 3 aromatic heterocycles. The minimum Gasteiger partial charge on any atom is -0.278 e. The Morgan fingerprint density at radius 2 is 0.607 bits per heavy atom. The molecule has 284 valence electrons. The number of para-hydroxylation sites is 1. The van der Waals surface area contributed by atoms with Gasteiger partial charge in [0.2, 0.25) is 5.95 Å². The molecule has 12 rings (SSSR count). The predicted molar refractivity (Wildman–Crippen MR) is 247 cm³/mol. The lowest BCUT2D eigenvalue weighted by Gasteiger charge is -2.14. The van der Waals surface area contributed by atoms with Gasteiger partial charge >= 0.3 is 0 Å². The van der Waals surface area contributed by atoms with Crippen molar-refractivity contribution in [3.8, 4) is 62.9 Å². The van der Waals surface area contributed by atoms with Gasteiger partial charge in [-0.3, -0.25) is 4.57 Å². The summed E-state index contributed by atoms with van der Waals surface area (Å²) in [6.07, 6.45) is 0. The Hall–Kier alpha value is -8.42. The van der Waals surface area contributed by atoms with E-state index in [1.54, 1.807) is 0 Å². The van der Waals surface area contributed by atoms with E-state index in [9.17, 15) is 0 Å². The zero-order valence-electron chi connectivity index (χ0n) is 32.7. The van der Waals surface area contributed by atoms with Crippen molar-refractivity contribution in [2.45, 2.75) is 0 Å². The van der Waals surface area contributed by atoms with E-state index in [-0.39, 0.29) is 0 Å². The van der Waals surface area contributed by atoms with Crippen LogP contribution in [0.5, 0.6) is 0 Å². The summed E-state index contributed by atoms with van der Waals surface area (Å²) < 4.78 is 2.20. The maximum Gasteiger partial charge on any atom is 0.238 e. The topological polar surface area (TPSA) is 82.3 Å². The van der Waals surface area contributed by atoms with Gasteiger partial charge in [-0.15, -0.1) is 0 Å². The first-order valence-corrected chi connectivity index (χ1v) is 20.3. The van der Waals surface area contributed by atoms with Gasteiger partial charge in [0.15, 0.2) is 29.1 Å². The molecule has 0 atom stereocenters. The van der Waals surface area contributed by atoms with E-state index in [0.29, 0.717) is 35.1 Å². The largest absolute Gasteiger partial charge is 0.278 e. The average molecular weight is 780 g/mol. The molecule has 0 radical (unpaired) electrons. The summed E-state index contributed by atoms with van der Waals surface area (Å²) in [7, 11) is 0. The summed E-state index contributed by atoms with van der Waals surface area (Å²) >= 11 is 0. The molecule has 3 heterocycles. The molecular weight excluding hydrogens is 747 g/mol. The molecule has 0 aliphatic heterocycles. The smallest absolute Gasteiger partial charge is 0.238 e. The molecule has 0 aliphatic rings. The van der Waals surface area contributed by atoms with Crippen LogP contribution in [0.2, 0.25) is 0 Å². The first-order valence-electron chi connectivity index (χ1n) is 20.3. The van der Waals surface area contributed by atoms with Crippen molar-refractivity contribution in [3.05, 3.63) is 200 Å². The van der Waals surface area contributed by atoms with Crippen molar-refractivity contribution < 1.29 is 0 Å². The van der Waals surface area contributed by atoms with Crippen LogP contribution in [0.1, 0.15) is 0 Å².